The summed E-state index contributed by atoms with van der Waals surface area (Å²) in [6, 6.07) is 13.1. The molecule has 2 rings (SSSR count). The summed E-state index contributed by atoms with van der Waals surface area (Å²) in [7, 11) is 1.46. The number of rotatable bonds is 5. The van der Waals surface area contributed by atoms with Crippen LogP contribution in [0.5, 0.6) is 5.75 Å². The first-order chi connectivity index (χ1) is 9.63. The van der Waals surface area contributed by atoms with Gasteiger partial charge >= 0.3 is 0 Å². The van der Waals surface area contributed by atoms with Crippen LogP contribution in [0.4, 0.5) is 4.39 Å². The second kappa shape index (κ2) is 6.86. The van der Waals surface area contributed by atoms with Crippen molar-refractivity contribution in [1.29, 1.82) is 0 Å². The Morgan fingerprint density at radius 3 is 2.45 bits per heavy atom. The minimum absolute atomic E-state index is 0.177. The predicted molar refractivity (Wildman–Crippen MR) is 82.6 cm³/mol. The van der Waals surface area contributed by atoms with Crippen LogP contribution in [0.2, 0.25) is 0 Å². The van der Waals surface area contributed by atoms with Crippen molar-refractivity contribution >= 4 is 15.9 Å². The van der Waals surface area contributed by atoms with E-state index >= 15 is 0 Å². The molecule has 0 heterocycles. The molecule has 0 amide bonds. The van der Waals surface area contributed by atoms with Gasteiger partial charge in [-0.25, -0.2) is 4.39 Å². The van der Waals surface area contributed by atoms with Gasteiger partial charge < -0.3 is 10.5 Å². The number of nitrogens with two attached hydrogens (primary N) is 1. The Bertz CT molecular complexity index is 571. The molecule has 0 spiro atoms. The summed E-state index contributed by atoms with van der Waals surface area (Å²) in [6.07, 6.45) is 0.707. The third-order valence-electron chi connectivity index (χ3n) is 3.32. The van der Waals surface area contributed by atoms with Crippen molar-refractivity contribution in [3.05, 3.63) is 63.9 Å². The fraction of sp³-hybridized carbons (Fsp3) is 0.250. The molecule has 2 nitrogen and oxygen atoms in total. The van der Waals surface area contributed by atoms with E-state index < -0.39 is 0 Å². The Hall–Kier alpha value is -1.39. The van der Waals surface area contributed by atoms with Crippen LogP contribution in [0.1, 0.15) is 17.0 Å². The Morgan fingerprint density at radius 2 is 1.90 bits per heavy atom. The van der Waals surface area contributed by atoms with Gasteiger partial charge in [-0.1, -0.05) is 34.1 Å². The van der Waals surface area contributed by atoms with Crippen molar-refractivity contribution in [3.8, 4) is 5.75 Å². The molecular weight excluding hydrogens is 321 g/mol. The largest absolute Gasteiger partial charge is 0.494 e. The number of benzene rings is 2. The molecule has 1 unspecified atom stereocenters. The van der Waals surface area contributed by atoms with Crippen LogP contribution in [0.15, 0.2) is 46.9 Å². The van der Waals surface area contributed by atoms with E-state index in [9.17, 15) is 4.39 Å². The van der Waals surface area contributed by atoms with E-state index in [4.69, 9.17) is 10.5 Å². The highest BCUT2D eigenvalue weighted by molar-refractivity contribution is 9.10. The molecule has 20 heavy (non-hydrogen) atoms. The summed E-state index contributed by atoms with van der Waals surface area (Å²) >= 11 is 3.41. The molecule has 0 bridgehead atoms. The first kappa shape index (κ1) is 15.0. The summed E-state index contributed by atoms with van der Waals surface area (Å²) in [6.45, 7) is 0.523. The summed E-state index contributed by atoms with van der Waals surface area (Å²) < 4.78 is 19.7. The van der Waals surface area contributed by atoms with Gasteiger partial charge in [-0.15, -0.1) is 0 Å². The summed E-state index contributed by atoms with van der Waals surface area (Å²) in [4.78, 5) is 0. The van der Waals surface area contributed by atoms with Crippen molar-refractivity contribution in [3.63, 3.8) is 0 Å². The maximum Gasteiger partial charge on any atom is 0.165 e. The Morgan fingerprint density at radius 1 is 1.20 bits per heavy atom. The van der Waals surface area contributed by atoms with Gasteiger partial charge in [0, 0.05) is 10.4 Å². The van der Waals surface area contributed by atoms with Crippen LogP contribution in [0, 0.1) is 5.82 Å². The lowest BCUT2D eigenvalue weighted by Gasteiger charge is -2.16. The second-order valence-electron chi connectivity index (χ2n) is 4.66. The molecule has 0 aliphatic rings. The number of methoxy groups -OCH3 is 1. The smallest absolute Gasteiger partial charge is 0.165 e. The number of hydrogen-bond donors (Lipinski definition) is 1. The molecule has 106 valence electrons. The van der Waals surface area contributed by atoms with Gasteiger partial charge in [-0.3, -0.25) is 0 Å². The van der Waals surface area contributed by atoms with E-state index in [1.54, 1.807) is 6.07 Å². The van der Waals surface area contributed by atoms with Crippen LogP contribution >= 0.6 is 15.9 Å². The number of ether oxygens (including phenoxy) is 1. The zero-order chi connectivity index (χ0) is 14.5. The zero-order valence-electron chi connectivity index (χ0n) is 11.3. The van der Waals surface area contributed by atoms with Crippen LogP contribution in [-0.4, -0.2) is 13.7 Å². The van der Waals surface area contributed by atoms with Crippen molar-refractivity contribution in [1.82, 2.24) is 0 Å². The molecule has 0 aliphatic heterocycles. The lowest BCUT2D eigenvalue weighted by Crippen LogP contribution is -2.15. The monoisotopic (exact) mass is 337 g/mol. The third kappa shape index (κ3) is 3.58. The first-order valence-corrected chi connectivity index (χ1v) is 7.21. The molecule has 2 aromatic rings. The average Bonchev–Trinajstić information content (AvgIpc) is 2.46. The summed E-state index contributed by atoms with van der Waals surface area (Å²) in [5.74, 6) is 0.106. The van der Waals surface area contributed by atoms with Gasteiger partial charge in [0.15, 0.2) is 11.6 Å². The van der Waals surface area contributed by atoms with E-state index in [-0.39, 0.29) is 17.5 Å². The molecule has 2 N–H and O–H groups in total. The third-order valence-corrected chi connectivity index (χ3v) is 3.85. The lowest BCUT2D eigenvalue weighted by molar-refractivity contribution is 0.386. The molecule has 1 atom stereocenters. The molecule has 0 aromatic heterocycles. The molecule has 0 radical (unpaired) electrons. The number of halogens is 2. The molecule has 2 aromatic carbocycles. The zero-order valence-corrected chi connectivity index (χ0v) is 12.9. The van der Waals surface area contributed by atoms with Crippen molar-refractivity contribution in [2.45, 2.75) is 12.3 Å². The SMILES string of the molecule is COc1ccc(CC(CN)c2ccc(Br)cc2)cc1F. The molecule has 0 saturated heterocycles. The molecule has 0 aliphatic carbocycles. The van der Waals surface area contributed by atoms with Gasteiger partial charge in [0.2, 0.25) is 0 Å². The van der Waals surface area contributed by atoms with Crippen LogP contribution in [-0.2, 0) is 6.42 Å². The Kier molecular flexibility index (Phi) is 5.15. The van der Waals surface area contributed by atoms with E-state index in [0.717, 1.165) is 15.6 Å². The lowest BCUT2D eigenvalue weighted by atomic mass is 9.92. The van der Waals surface area contributed by atoms with Gasteiger partial charge in [0.1, 0.15) is 0 Å². The summed E-state index contributed by atoms with van der Waals surface area (Å²) in [5.41, 5.74) is 7.93. The number of hydrogen-bond acceptors (Lipinski definition) is 2. The van der Waals surface area contributed by atoms with Gasteiger partial charge in [-0.2, -0.15) is 0 Å². The highest BCUT2D eigenvalue weighted by atomic mass is 79.9. The average molecular weight is 338 g/mol. The van der Waals surface area contributed by atoms with Crippen molar-refractivity contribution in [2.24, 2.45) is 5.73 Å². The minimum atomic E-state index is -0.337. The van der Waals surface area contributed by atoms with Crippen molar-refractivity contribution < 1.29 is 9.13 Å². The van der Waals surface area contributed by atoms with Gasteiger partial charge in [0.05, 0.1) is 7.11 Å². The van der Waals surface area contributed by atoms with Gasteiger partial charge in [0.25, 0.3) is 0 Å². The summed E-state index contributed by atoms with van der Waals surface area (Å²) in [5, 5.41) is 0. The molecule has 0 fully saturated rings. The van der Waals surface area contributed by atoms with E-state index in [2.05, 4.69) is 15.9 Å². The Labute approximate surface area is 126 Å². The highest BCUT2D eigenvalue weighted by Gasteiger charge is 2.12. The second-order valence-corrected chi connectivity index (χ2v) is 5.57. The minimum Gasteiger partial charge on any atom is -0.494 e. The maximum absolute atomic E-state index is 13.7. The van der Waals surface area contributed by atoms with Crippen LogP contribution < -0.4 is 10.5 Å². The fourth-order valence-corrected chi connectivity index (χ4v) is 2.46. The topological polar surface area (TPSA) is 35.2 Å². The van der Waals surface area contributed by atoms with Crippen LogP contribution in [0.3, 0.4) is 0 Å². The normalized spacial score (nSPS) is 12.2. The maximum atomic E-state index is 13.7. The predicted octanol–water partition coefficient (Wildman–Crippen LogP) is 3.88. The van der Waals surface area contributed by atoms with Gasteiger partial charge in [-0.05, 0) is 48.4 Å². The quantitative estimate of drug-likeness (QED) is 0.898. The molecule has 0 saturated carbocycles. The van der Waals surface area contributed by atoms with E-state index in [0.29, 0.717) is 13.0 Å². The molecule has 4 heteroatoms. The van der Waals surface area contributed by atoms with E-state index in [1.807, 2.05) is 30.3 Å². The van der Waals surface area contributed by atoms with Crippen molar-refractivity contribution in [2.75, 3.05) is 13.7 Å². The standard InChI is InChI=1S/C16H17BrFNO/c1-20-16-7-2-11(9-15(16)18)8-13(10-19)12-3-5-14(17)6-4-12/h2-7,9,13H,8,10,19H2,1H3. The highest BCUT2D eigenvalue weighted by Crippen LogP contribution is 2.24. The van der Waals surface area contributed by atoms with E-state index in [1.165, 1.54) is 13.2 Å². The first-order valence-electron chi connectivity index (χ1n) is 6.42. The van der Waals surface area contributed by atoms with Crippen LogP contribution in [0.25, 0.3) is 0 Å². The Balaban J connectivity index is 2.17. The molecular formula is C16H17BrFNO. The fourth-order valence-electron chi connectivity index (χ4n) is 2.19.